The van der Waals surface area contributed by atoms with Crippen molar-refractivity contribution in [2.75, 3.05) is 0 Å². The SMILES string of the molecule is O=c1cc(CSc2ccccc2)nc2sc(-c3cccs3)nn12. The second-order valence-electron chi connectivity index (χ2n) is 4.77. The predicted molar refractivity (Wildman–Crippen MR) is 96.5 cm³/mol. The Morgan fingerprint density at radius 3 is 2.78 bits per heavy atom. The summed E-state index contributed by atoms with van der Waals surface area (Å²) >= 11 is 4.73. The minimum Gasteiger partial charge on any atom is -0.267 e. The molecule has 0 saturated carbocycles. The molecule has 3 aromatic heterocycles. The van der Waals surface area contributed by atoms with Crippen LogP contribution in [-0.2, 0) is 5.75 Å². The highest BCUT2D eigenvalue weighted by Gasteiger charge is 2.11. The summed E-state index contributed by atoms with van der Waals surface area (Å²) in [5.41, 5.74) is 0.656. The van der Waals surface area contributed by atoms with Crippen molar-refractivity contribution in [2.45, 2.75) is 10.6 Å². The van der Waals surface area contributed by atoms with E-state index in [1.807, 2.05) is 35.7 Å². The van der Waals surface area contributed by atoms with Crippen LogP contribution in [-0.4, -0.2) is 14.6 Å². The van der Waals surface area contributed by atoms with Crippen LogP contribution in [0.5, 0.6) is 0 Å². The van der Waals surface area contributed by atoms with Crippen LogP contribution in [0, 0.1) is 0 Å². The van der Waals surface area contributed by atoms with Gasteiger partial charge in [-0.15, -0.1) is 23.1 Å². The van der Waals surface area contributed by atoms with Crippen LogP contribution in [0.2, 0.25) is 0 Å². The molecule has 0 fully saturated rings. The van der Waals surface area contributed by atoms with Gasteiger partial charge in [-0.1, -0.05) is 35.6 Å². The standard InChI is InChI=1S/C16H11N3OS3/c20-14-9-11(10-22-12-5-2-1-3-6-12)17-16-19(14)18-15(23-16)13-7-4-8-21-13/h1-9H,10H2. The Labute approximate surface area is 144 Å². The number of thioether (sulfide) groups is 1. The van der Waals surface area contributed by atoms with E-state index in [1.54, 1.807) is 29.2 Å². The quantitative estimate of drug-likeness (QED) is 0.514. The van der Waals surface area contributed by atoms with E-state index in [1.165, 1.54) is 15.9 Å². The van der Waals surface area contributed by atoms with Crippen LogP contribution in [0.1, 0.15) is 5.69 Å². The lowest BCUT2D eigenvalue weighted by Crippen LogP contribution is -2.15. The summed E-state index contributed by atoms with van der Waals surface area (Å²) in [6.45, 7) is 0. The van der Waals surface area contributed by atoms with Gasteiger partial charge in [-0.05, 0) is 23.6 Å². The Hall–Kier alpha value is -1.96. The third kappa shape index (κ3) is 3.08. The number of nitrogens with zero attached hydrogens (tertiary/aromatic N) is 3. The van der Waals surface area contributed by atoms with Crippen LogP contribution in [0.4, 0.5) is 0 Å². The molecule has 7 heteroatoms. The van der Waals surface area contributed by atoms with Gasteiger partial charge in [0.15, 0.2) is 5.01 Å². The largest absolute Gasteiger partial charge is 0.275 e. The molecule has 0 bridgehead atoms. The van der Waals surface area contributed by atoms with Gasteiger partial charge in [-0.25, -0.2) is 4.98 Å². The summed E-state index contributed by atoms with van der Waals surface area (Å²) in [7, 11) is 0. The highest BCUT2D eigenvalue weighted by molar-refractivity contribution is 7.98. The summed E-state index contributed by atoms with van der Waals surface area (Å²) in [6, 6.07) is 15.7. The molecule has 1 aromatic carbocycles. The molecule has 0 radical (unpaired) electrons. The fraction of sp³-hybridized carbons (Fsp3) is 0.0625. The average molecular weight is 357 g/mol. The number of hydrogen-bond donors (Lipinski definition) is 0. The van der Waals surface area contributed by atoms with Crippen molar-refractivity contribution in [3.05, 3.63) is 70.0 Å². The molecule has 0 amide bonds. The minimum atomic E-state index is -0.127. The van der Waals surface area contributed by atoms with E-state index in [4.69, 9.17) is 0 Å². The third-order valence-electron chi connectivity index (χ3n) is 3.16. The molecule has 0 atom stereocenters. The van der Waals surface area contributed by atoms with E-state index in [0.717, 1.165) is 20.5 Å². The van der Waals surface area contributed by atoms with Gasteiger partial charge in [0, 0.05) is 16.7 Å². The van der Waals surface area contributed by atoms with Crippen molar-refractivity contribution < 1.29 is 0 Å². The van der Waals surface area contributed by atoms with Gasteiger partial charge in [0.05, 0.1) is 10.6 Å². The van der Waals surface area contributed by atoms with E-state index in [9.17, 15) is 4.79 Å². The minimum absolute atomic E-state index is 0.127. The normalized spacial score (nSPS) is 11.1. The molecule has 0 aliphatic heterocycles. The van der Waals surface area contributed by atoms with Crippen molar-refractivity contribution in [1.82, 2.24) is 14.6 Å². The predicted octanol–water partition coefficient (Wildman–Crippen LogP) is 4.17. The Bertz CT molecular complexity index is 991. The van der Waals surface area contributed by atoms with Crippen LogP contribution in [0.3, 0.4) is 0 Å². The zero-order chi connectivity index (χ0) is 15.6. The van der Waals surface area contributed by atoms with Gasteiger partial charge in [0.2, 0.25) is 4.96 Å². The maximum atomic E-state index is 12.3. The number of aromatic nitrogens is 3. The molecule has 0 aliphatic rings. The highest BCUT2D eigenvalue weighted by atomic mass is 32.2. The van der Waals surface area contributed by atoms with Crippen LogP contribution < -0.4 is 5.56 Å². The molecule has 23 heavy (non-hydrogen) atoms. The molecule has 4 rings (SSSR count). The number of thiophene rings is 1. The summed E-state index contributed by atoms with van der Waals surface area (Å²) in [5, 5.41) is 7.21. The first-order chi connectivity index (χ1) is 11.3. The molecule has 4 aromatic rings. The first-order valence-corrected chi connectivity index (χ1v) is 9.59. The Morgan fingerprint density at radius 2 is 2.00 bits per heavy atom. The first kappa shape index (κ1) is 14.6. The maximum absolute atomic E-state index is 12.3. The number of benzene rings is 1. The zero-order valence-corrected chi connectivity index (χ0v) is 14.3. The molecule has 3 heterocycles. The molecular formula is C16H11N3OS3. The first-order valence-electron chi connectivity index (χ1n) is 6.91. The number of rotatable bonds is 4. The summed E-state index contributed by atoms with van der Waals surface area (Å²) < 4.78 is 1.39. The van der Waals surface area contributed by atoms with Crippen molar-refractivity contribution >= 4 is 39.4 Å². The fourth-order valence-corrected chi connectivity index (χ4v) is 4.63. The van der Waals surface area contributed by atoms with Crippen LogP contribution >= 0.6 is 34.4 Å². The van der Waals surface area contributed by atoms with Crippen molar-refractivity contribution in [1.29, 1.82) is 0 Å². The summed E-state index contributed by atoms with van der Waals surface area (Å²) in [4.78, 5) is 19.7. The fourth-order valence-electron chi connectivity index (χ4n) is 2.10. The highest BCUT2D eigenvalue weighted by Crippen LogP contribution is 2.28. The van der Waals surface area contributed by atoms with E-state index < -0.39 is 0 Å². The smallest absolute Gasteiger partial charge is 0.267 e. The molecule has 0 saturated heterocycles. The summed E-state index contributed by atoms with van der Waals surface area (Å²) in [5.74, 6) is 0.669. The number of fused-ring (bicyclic) bond motifs is 1. The maximum Gasteiger partial charge on any atom is 0.275 e. The molecular weight excluding hydrogens is 346 g/mol. The van der Waals surface area contributed by atoms with E-state index >= 15 is 0 Å². The monoisotopic (exact) mass is 357 g/mol. The van der Waals surface area contributed by atoms with Gasteiger partial charge < -0.3 is 0 Å². The van der Waals surface area contributed by atoms with Gasteiger partial charge in [-0.2, -0.15) is 9.61 Å². The van der Waals surface area contributed by atoms with E-state index in [-0.39, 0.29) is 5.56 Å². The van der Waals surface area contributed by atoms with Crippen LogP contribution in [0.15, 0.2) is 63.6 Å². The van der Waals surface area contributed by atoms with Crippen LogP contribution in [0.25, 0.3) is 14.8 Å². The van der Waals surface area contributed by atoms with Crippen molar-refractivity contribution in [3.8, 4) is 9.88 Å². The van der Waals surface area contributed by atoms with Gasteiger partial charge in [0.25, 0.3) is 5.56 Å². The molecule has 114 valence electrons. The molecule has 0 unspecified atom stereocenters. The molecule has 0 aliphatic carbocycles. The second-order valence-corrected chi connectivity index (χ2v) is 7.72. The van der Waals surface area contributed by atoms with Crippen molar-refractivity contribution in [3.63, 3.8) is 0 Å². The average Bonchev–Trinajstić information content (AvgIpc) is 3.23. The lowest BCUT2D eigenvalue weighted by Gasteiger charge is -2.00. The lowest BCUT2D eigenvalue weighted by atomic mass is 10.4. The van der Waals surface area contributed by atoms with Gasteiger partial charge in [0.1, 0.15) is 0 Å². The molecule has 0 spiro atoms. The Kier molecular flexibility index (Phi) is 3.99. The van der Waals surface area contributed by atoms with Gasteiger partial charge >= 0.3 is 0 Å². The lowest BCUT2D eigenvalue weighted by molar-refractivity contribution is 0.893. The summed E-state index contributed by atoms with van der Waals surface area (Å²) in [6.07, 6.45) is 0. The van der Waals surface area contributed by atoms with Gasteiger partial charge in [-0.3, -0.25) is 4.79 Å². The molecule has 4 nitrogen and oxygen atoms in total. The van der Waals surface area contributed by atoms with Crippen molar-refractivity contribution in [2.24, 2.45) is 0 Å². The van der Waals surface area contributed by atoms with E-state index in [2.05, 4.69) is 22.2 Å². The Balaban J connectivity index is 1.65. The number of hydrogen-bond acceptors (Lipinski definition) is 6. The Morgan fingerprint density at radius 1 is 1.13 bits per heavy atom. The second kappa shape index (κ2) is 6.27. The zero-order valence-electron chi connectivity index (χ0n) is 11.9. The third-order valence-corrected chi connectivity index (χ3v) is 6.15. The molecule has 0 N–H and O–H groups in total. The van der Waals surface area contributed by atoms with E-state index in [0.29, 0.717) is 10.7 Å². The topological polar surface area (TPSA) is 47.3 Å².